The molecule has 4 rings (SSSR count). The minimum Gasteiger partial charge on any atom is -0.464 e. The van der Waals surface area contributed by atoms with Gasteiger partial charge in [0.1, 0.15) is 11.5 Å². The SMILES string of the molecule is Cc1ccc([C@H](C(=O)NC2CCCC2)N(Cc2ccccc2)C(=O)CNC(=O)c2cccs2)o1. The maximum absolute atomic E-state index is 13.5. The van der Waals surface area contributed by atoms with Crippen LogP contribution in [-0.4, -0.2) is 35.2 Å². The Bertz CT molecular complexity index is 1100. The second-order valence-electron chi connectivity index (χ2n) is 8.51. The first kappa shape index (κ1) is 23.8. The number of thiophene rings is 1. The Kier molecular flexibility index (Phi) is 7.80. The number of nitrogens with zero attached hydrogens (tertiary/aromatic N) is 1. The molecule has 1 atom stereocenters. The van der Waals surface area contributed by atoms with Crippen molar-refractivity contribution in [3.05, 3.63) is 81.9 Å². The van der Waals surface area contributed by atoms with Crippen LogP contribution in [0.5, 0.6) is 0 Å². The number of aryl methyl sites for hydroxylation is 1. The van der Waals surface area contributed by atoms with Gasteiger partial charge in [-0.3, -0.25) is 14.4 Å². The van der Waals surface area contributed by atoms with E-state index in [-0.39, 0.29) is 36.9 Å². The quantitative estimate of drug-likeness (QED) is 0.481. The number of nitrogens with one attached hydrogen (secondary N) is 2. The molecular weight excluding hydrogens is 450 g/mol. The van der Waals surface area contributed by atoms with Crippen molar-refractivity contribution in [1.29, 1.82) is 0 Å². The van der Waals surface area contributed by atoms with Gasteiger partial charge in [-0.1, -0.05) is 49.2 Å². The van der Waals surface area contributed by atoms with Crippen molar-refractivity contribution in [1.82, 2.24) is 15.5 Å². The van der Waals surface area contributed by atoms with Gasteiger partial charge in [0.05, 0.1) is 11.4 Å². The molecule has 2 aromatic heterocycles. The number of carbonyl (C=O) groups excluding carboxylic acids is 3. The van der Waals surface area contributed by atoms with E-state index in [4.69, 9.17) is 4.42 Å². The van der Waals surface area contributed by atoms with E-state index >= 15 is 0 Å². The average Bonchev–Trinajstić information content (AvgIpc) is 3.61. The van der Waals surface area contributed by atoms with Crippen molar-refractivity contribution in [2.75, 3.05) is 6.54 Å². The monoisotopic (exact) mass is 479 g/mol. The first-order chi connectivity index (χ1) is 16.5. The molecule has 0 spiro atoms. The molecule has 1 aliphatic carbocycles. The summed E-state index contributed by atoms with van der Waals surface area (Å²) in [4.78, 5) is 41.4. The van der Waals surface area contributed by atoms with Crippen LogP contribution in [0.15, 0.2) is 64.4 Å². The third kappa shape index (κ3) is 5.94. The Labute approximate surface area is 203 Å². The second kappa shape index (κ2) is 11.2. The van der Waals surface area contributed by atoms with Gasteiger partial charge in [-0.15, -0.1) is 11.3 Å². The van der Waals surface area contributed by atoms with Gasteiger partial charge in [0.15, 0.2) is 6.04 Å². The number of rotatable bonds is 9. The minimum atomic E-state index is -0.944. The highest BCUT2D eigenvalue weighted by Gasteiger charge is 2.35. The van der Waals surface area contributed by atoms with E-state index in [1.807, 2.05) is 30.3 Å². The van der Waals surface area contributed by atoms with Crippen molar-refractivity contribution < 1.29 is 18.8 Å². The lowest BCUT2D eigenvalue weighted by molar-refractivity contribution is -0.141. The lowest BCUT2D eigenvalue weighted by Gasteiger charge is -2.31. The molecule has 1 aromatic carbocycles. The third-order valence-corrected chi connectivity index (χ3v) is 6.82. The Morgan fingerprint density at radius 3 is 2.47 bits per heavy atom. The number of hydrogen-bond acceptors (Lipinski definition) is 5. The molecule has 0 bridgehead atoms. The maximum Gasteiger partial charge on any atom is 0.261 e. The van der Waals surface area contributed by atoms with Gasteiger partial charge >= 0.3 is 0 Å². The summed E-state index contributed by atoms with van der Waals surface area (Å²) in [5.74, 6) is 0.113. The summed E-state index contributed by atoms with van der Waals surface area (Å²) in [6.07, 6.45) is 4.02. The summed E-state index contributed by atoms with van der Waals surface area (Å²) < 4.78 is 5.84. The van der Waals surface area contributed by atoms with Crippen LogP contribution in [0, 0.1) is 6.92 Å². The van der Waals surface area contributed by atoms with Crippen molar-refractivity contribution in [2.45, 2.75) is 51.2 Å². The minimum absolute atomic E-state index is 0.0956. The molecule has 1 aliphatic rings. The molecule has 2 heterocycles. The number of carbonyl (C=O) groups is 3. The highest BCUT2D eigenvalue weighted by atomic mass is 32.1. The van der Waals surface area contributed by atoms with Crippen LogP contribution in [0.25, 0.3) is 0 Å². The van der Waals surface area contributed by atoms with E-state index in [9.17, 15) is 14.4 Å². The molecule has 0 unspecified atom stereocenters. The van der Waals surface area contributed by atoms with Crippen molar-refractivity contribution in [3.63, 3.8) is 0 Å². The Morgan fingerprint density at radius 2 is 1.82 bits per heavy atom. The van der Waals surface area contributed by atoms with E-state index in [2.05, 4.69) is 10.6 Å². The molecule has 0 saturated heterocycles. The average molecular weight is 480 g/mol. The molecule has 3 aromatic rings. The molecule has 1 fully saturated rings. The maximum atomic E-state index is 13.5. The van der Waals surface area contributed by atoms with Crippen molar-refractivity contribution >= 4 is 29.1 Å². The number of amides is 3. The van der Waals surface area contributed by atoms with Gasteiger partial charge in [-0.25, -0.2) is 0 Å². The molecule has 2 N–H and O–H groups in total. The van der Waals surface area contributed by atoms with Crippen LogP contribution in [0.2, 0.25) is 0 Å². The zero-order chi connectivity index (χ0) is 23.9. The van der Waals surface area contributed by atoms with Crippen LogP contribution < -0.4 is 10.6 Å². The highest BCUT2D eigenvalue weighted by molar-refractivity contribution is 7.12. The molecule has 3 amide bonds. The highest BCUT2D eigenvalue weighted by Crippen LogP contribution is 2.27. The second-order valence-corrected chi connectivity index (χ2v) is 9.46. The fraction of sp³-hybridized carbons (Fsp3) is 0.346. The Hall–Kier alpha value is -3.39. The van der Waals surface area contributed by atoms with Gasteiger partial charge in [0.2, 0.25) is 5.91 Å². The summed E-state index contributed by atoms with van der Waals surface area (Å²) in [7, 11) is 0. The van der Waals surface area contributed by atoms with Crippen LogP contribution in [0.1, 0.15) is 58.5 Å². The lowest BCUT2D eigenvalue weighted by Crippen LogP contribution is -2.48. The van der Waals surface area contributed by atoms with Crippen LogP contribution in [0.4, 0.5) is 0 Å². The number of benzene rings is 1. The molecule has 178 valence electrons. The van der Waals surface area contributed by atoms with E-state index in [0.29, 0.717) is 16.4 Å². The van der Waals surface area contributed by atoms with Gasteiger partial charge in [-0.2, -0.15) is 0 Å². The van der Waals surface area contributed by atoms with Crippen LogP contribution >= 0.6 is 11.3 Å². The largest absolute Gasteiger partial charge is 0.464 e. The van der Waals surface area contributed by atoms with E-state index in [1.165, 1.54) is 16.2 Å². The molecule has 0 radical (unpaired) electrons. The van der Waals surface area contributed by atoms with Crippen LogP contribution in [-0.2, 0) is 16.1 Å². The normalized spacial score (nSPS) is 14.5. The van der Waals surface area contributed by atoms with Gasteiger partial charge in [0, 0.05) is 12.6 Å². The molecule has 0 aliphatic heterocycles. The first-order valence-corrected chi connectivity index (χ1v) is 12.4. The summed E-state index contributed by atoms with van der Waals surface area (Å²) >= 11 is 1.31. The van der Waals surface area contributed by atoms with E-state index in [1.54, 1.807) is 36.6 Å². The van der Waals surface area contributed by atoms with Gasteiger partial charge < -0.3 is 20.0 Å². The first-order valence-electron chi connectivity index (χ1n) is 11.5. The molecule has 34 heavy (non-hydrogen) atoms. The number of furan rings is 1. The fourth-order valence-corrected chi connectivity index (χ4v) is 4.87. The van der Waals surface area contributed by atoms with Crippen molar-refractivity contribution in [2.24, 2.45) is 0 Å². The predicted molar refractivity (Wildman–Crippen MR) is 130 cm³/mol. The summed E-state index contributed by atoms with van der Waals surface area (Å²) in [5.41, 5.74) is 0.877. The molecular formula is C26H29N3O4S. The van der Waals surface area contributed by atoms with E-state index in [0.717, 1.165) is 31.2 Å². The Morgan fingerprint density at radius 1 is 1.06 bits per heavy atom. The zero-order valence-electron chi connectivity index (χ0n) is 19.2. The fourth-order valence-electron chi connectivity index (χ4n) is 4.23. The smallest absolute Gasteiger partial charge is 0.261 e. The predicted octanol–water partition coefficient (Wildman–Crippen LogP) is 4.21. The molecule has 7 nitrogen and oxygen atoms in total. The topological polar surface area (TPSA) is 91.7 Å². The van der Waals surface area contributed by atoms with Crippen LogP contribution in [0.3, 0.4) is 0 Å². The van der Waals surface area contributed by atoms with Gasteiger partial charge in [-0.05, 0) is 48.9 Å². The van der Waals surface area contributed by atoms with Gasteiger partial charge in [0.25, 0.3) is 11.8 Å². The lowest BCUT2D eigenvalue weighted by atomic mass is 10.1. The summed E-state index contributed by atoms with van der Waals surface area (Å²) in [6, 6.07) is 15.7. The third-order valence-electron chi connectivity index (χ3n) is 5.95. The molecule has 1 saturated carbocycles. The zero-order valence-corrected chi connectivity index (χ0v) is 20.0. The number of hydrogen-bond donors (Lipinski definition) is 2. The van der Waals surface area contributed by atoms with Crippen molar-refractivity contribution in [3.8, 4) is 0 Å². The molecule has 8 heteroatoms. The Balaban J connectivity index is 1.60. The standard InChI is InChI=1S/C26H29N3O4S/c1-18-13-14-21(33-18)24(26(32)28-20-10-5-6-11-20)29(17-19-8-3-2-4-9-19)23(30)16-27-25(31)22-12-7-15-34-22/h2-4,7-9,12-15,20,24H,5-6,10-11,16-17H2,1H3,(H,27,31)(H,28,32)/t24-/m1/s1. The summed E-state index contributed by atoms with van der Waals surface area (Å²) in [5, 5.41) is 7.62. The van der Waals surface area contributed by atoms with E-state index < -0.39 is 6.04 Å². The summed E-state index contributed by atoms with van der Waals surface area (Å²) in [6.45, 7) is 1.79.